The molecule has 0 spiro atoms. The second-order valence-electron chi connectivity index (χ2n) is 5.65. The second kappa shape index (κ2) is 5.92. The standard InChI is InChI=1S/C15H18N2O4/c1-15(2,3)21-14(18)17-5-4-10-6-12-13(20-9-19-12)7-11(10)8-16/h6-7H,4-5,9H2,1-3H3,(H,17,18). The lowest BCUT2D eigenvalue weighted by Gasteiger charge is -2.19. The third kappa shape index (κ3) is 4.02. The second-order valence-corrected chi connectivity index (χ2v) is 5.65. The number of nitrogens with zero attached hydrogens (tertiary/aromatic N) is 1. The quantitative estimate of drug-likeness (QED) is 0.924. The molecule has 1 aromatic rings. The van der Waals surface area contributed by atoms with Crippen molar-refractivity contribution in [2.45, 2.75) is 32.8 Å². The van der Waals surface area contributed by atoms with E-state index in [0.29, 0.717) is 30.0 Å². The highest BCUT2D eigenvalue weighted by Gasteiger charge is 2.18. The van der Waals surface area contributed by atoms with Crippen LogP contribution in [0, 0.1) is 11.3 Å². The number of hydrogen-bond donors (Lipinski definition) is 1. The molecule has 0 saturated heterocycles. The number of carbonyl (C=O) groups is 1. The molecule has 0 unspecified atom stereocenters. The maximum Gasteiger partial charge on any atom is 0.407 e. The van der Waals surface area contributed by atoms with Crippen LogP contribution >= 0.6 is 0 Å². The lowest BCUT2D eigenvalue weighted by molar-refractivity contribution is 0.0528. The van der Waals surface area contributed by atoms with E-state index in [2.05, 4.69) is 11.4 Å². The lowest BCUT2D eigenvalue weighted by Crippen LogP contribution is -2.33. The summed E-state index contributed by atoms with van der Waals surface area (Å²) < 4.78 is 15.7. The van der Waals surface area contributed by atoms with Crippen LogP contribution in [0.5, 0.6) is 11.5 Å². The molecule has 0 radical (unpaired) electrons. The van der Waals surface area contributed by atoms with E-state index in [9.17, 15) is 4.79 Å². The molecule has 21 heavy (non-hydrogen) atoms. The van der Waals surface area contributed by atoms with Gasteiger partial charge in [0.05, 0.1) is 11.6 Å². The summed E-state index contributed by atoms with van der Waals surface area (Å²) in [6, 6.07) is 5.56. The van der Waals surface area contributed by atoms with Crippen molar-refractivity contribution in [1.29, 1.82) is 5.26 Å². The zero-order valence-corrected chi connectivity index (χ0v) is 12.4. The number of nitriles is 1. The first-order valence-electron chi connectivity index (χ1n) is 6.68. The Morgan fingerprint density at radius 3 is 2.67 bits per heavy atom. The van der Waals surface area contributed by atoms with Crippen molar-refractivity contribution < 1.29 is 19.0 Å². The highest BCUT2D eigenvalue weighted by atomic mass is 16.7. The largest absolute Gasteiger partial charge is 0.454 e. The molecule has 1 heterocycles. The molecule has 6 heteroatoms. The molecule has 0 aliphatic carbocycles. The normalized spacial score (nSPS) is 12.7. The Bertz CT molecular complexity index is 585. The summed E-state index contributed by atoms with van der Waals surface area (Å²) >= 11 is 0. The van der Waals surface area contributed by atoms with Gasteiger partial charge in [-0.3, -0.25) is 0 Å². The van der Waals surface area contributed by atoms with Crippen LogP contribution in [-0.4, -0.2) is 25.0 Å². The first-order chi connectivity index (χ1) is 9.89. The third-order valence-electron chi connectivity index (χ3n) is 2.78. The maximum atomic E-state index is 11.5. The fourth-order valence-electron chi connectivity index (χ4n) is 1.91. The van der Waals surface area contributed by atoms with E-state index in [0.717, 1.165) is 5.56 Å². The lowest BCUT2D eigenvalue weighted by atomic mass is 10.0. The first-order valence-corrected chi connectivity index (χ1v) is 6.68. The Hall–Kier alpha value is -2.42. The van der Waals surface area contributed by atoms with Crippen LogP contribution < -0.4 is 14.8 Å². The SMILES string of the molecule is CC(C)(C)OC(=O)NCCc1cc2c(cc1C#N)OCO2. The molecule has 0 fully saturated rings. The number of benzene rings is 1. The van der Waals surface area contributed by atoms with Gasteiger partial charge in [0.1, 0.15) is 5.60 Å². The number of nitrogens with one attached hydrogen (secondary N) is 1. The Labute approximate surface area is 123 Å². The maximum absolute atomic E-state index is 11.5. The summed E-state index contributed by atoms with van der Waals surface area (Å²) in [6.45, 7) is 5.96. The summed E-state index contributed by atoms with van der Waals surface area (Å²) in [5.74, 6) is 1.21. The molecule has 1 N–H and O–H groups in total. The summed E-state index contributed by atoms with van der Waals surface area (Å²) in [6.07, 6.45) is 0.0421. The van der Waals surface area contributed by atoms with E-state index in [4.69, 9.17) is 19.5 Å². The highest BCUT2D eigenvalue weighted by molar-refractivity contribution is 5.67. The van der Waals surface area contributed by atoms with E-state index in [1.165, 1.54) is 0 Å². The molecule has 0 aromatic heterocycles. The molecular weight excluding hydrogens is 272 g/mol. The van der Waals surface area contributed by atoms with Crippen LogP contribution in [0.4, 0.5) is 4.79 Å². The van der Waals surface area contributed by atoms with Crippen molar-refractivity contribution in [3.05, 3.63) is 23.3 Å². The van der Waals surface area contributed by atoms with E-state index < -0.39 is 11.7 Å². The fourth-order valence-corrected chi connectivity index (χ4v) is 1.91. The molecule has 2 rings (SSSR count). The van der Waals surface area contributed by atoms with Crippen molar-refractivity contribution >= 4 is 6.09 Å². The first kappa shape index (κ1) is 15.0. The third-order valence-corrected chi connectivity index (χ3v) is 2.78. The number of ether oxygens (including phenoxy) is 3. The van der Waals surface area contributed by atoms with Crippen LogP contribution in [-0.2, 0) is 11.2 Å². The number of hydrogen-bond acceptors (Lipinski definition) is 5. The van der Waals surface area contributed by atoms with E-state index in [1.54, 1.807) is 32.9 Å². The van der Waals surface area contributed by atoms with E-state index >= 15 is 0 Å². The van der Waals surface area contributed by atoms with Crippen molar-refractivity contribution in [3.8, 4) is 17.6 Å². The number of carbonyl (C=O) groups excluding carboxylic acids is 1. The van der Waals surface area contributed by atoms with Crippen LogP contribution in [0.1, 0.15) is 31.9 Å². The van der Waals surface area contributed by atoms with Gasteiger partial charge < -0.3 is 19.5 Å². The summed E-state index contributed by atoms with van der Waals surface area (Å²) in [7, 11) is 0. The van der Waals surface area contributed by atoms with Crippen molar-refractivity contribution in [3.63, 3.8) is 0 Å². The minimum atomic E-state index is -0.527. The van der Waals surface area contributed by atoms with E-state index in [-0.39, 0.29) is 6.79 Å². The van der Waals surface area contributed by atoms with Gasteiger partial charge in [-0.1, -0.05) is 0 Å². The minimum Gasteiger partial charge on any atom is -0.454 e. The monoisotopic (exact) mass is 290 g/mol. The average Bonchev–Trinajstić information content (AvgIpc) is 2.82. The predicted molar refractivity (Wildman–Crippen MR) is 75.2 cm³/mol. The van der Waals surface area contributed by atoms with Gasteiger partial charge in [-0.05, 0) is 38.8 Å². The molecule has 0 saturated carbocycles. The molecule has 1 aromatic carbocycles. The van der Waals surface area contributed by atoms with Gasteiger partial charge in [0.25, 0.3) is 0 Å². The van der Waals surface area contributed by atoms with Gasteiger partial charge >= 0.3 is 6.09 Å². The van der Waals surface area contributed by atoms with Gasteiger partial charge in [-0.15, -0.1) is 0 Å². The van der Waals surface area contributed by atoms with Crippen LogP contribution in [0.15, 0.2) is 12.1 Å². The molecule has 1 amide bonds. The molecular formula is C15H18N2O4. The van der Waals surface area contributed by atoms with Crippen LogP contribution in [0.2, 0.25) is 0 Å². The summed E-state index contributed by atoms with van der Waals surface area (Å²) in [5.41, 5.74) is 0.795. The number of rotatable bonds is 3. The van der Waals surface area contributed by atoms with E-state index in [1.807, 2.05) is 0 Å². The Kier molecular flexibility index (Phi) is 4.22. The molecule has 1 aliphatic rings. The Morgan fingerprint density at radius 2 is 2.05 bits per heavy atom. The zero-order chi connectivity index (χ0) is 15.5. The molecule has 0 atom stereocenters. The van der Waals surface area contributed by atoms with Crippen molar-refractivity contribution in [1.82, 2.24) is 5.32 Å². The highest BCUT2D eigenvalue weighted by Crippen LogP contribution is 2.34. The van der Waals surface area contributed by atoms with Crippen molar-refractivity contribution in [2.75, 3.05) is 13.3 Å². The topological polar surface area (TPSA) is 80.6 Å². The summed E-state index contributed by atoms with van der Waals surface area (Å²) in [5, 5.41) is 11.8. The van der Waals surface area contributed by atoms with Gasteiger partial charge in [0, 0.05) is 12.6 Å². The zero-order valence-electron chi connectivity index (χ0n) is 12.4. The van der Waals surface area contributed by atoms with Crippen LogP contribution in [0.25, 0.3) is 0 Å². The molecule has 1 aliphatic heterocycles. The predicted octanol–water partition coefficient (Wildman–Crippen LogP) is 2.35. The Balaban J connectivity index is 1.95. The number of alkyl carbamates (subject to hydrolysis) is 1. The fraction of sp³-hybridized carbons (Fsp3) is 0.467. The average molecular weight is 290 g/mol. The van der Waals surface area contributed by atoms with Crippen molar-refractivity contribution in [2.24, 2.45) is 0 Å². The molecule has 0 bridgehead atoms. The van der Waals surface area contributed by atoms with Gasteiger partial charge in [0.2, 0.25) is 6.79 Å². The van der Waals surface area contributed by atoms with Gasteiger partial charge in [0.15, 0.2) is 11.5 Å². The van der Waals surface area contributed by atoms with Gasteiger partial charge in [-0.2, -0.15) is 5.26 Å². The van der Waals surface area contributed by atoms with Gasteiger partial charge in [-0.25, -0.2) is 4.79 Å². The number of fused-ring (bicyclic) bond motifs is 1. The smallest absolute Gasteiger partial charge is 0.407 e. The molecule has 112 valence electrons. The minimum absolute atomic E-state index is 0.166. The Morgan fingerprint density at radius 1 is 1.38 bits per heavy atom. The summed E-state index contributed by atoms with van der Waals surface area (Å²) in [4.78, 5) is 11.5. The number of amides is 1. The molecule has 6 nitrogen and oxygen atoms in total. The van der Waals surface area contributed by atoms with Crippen LogP contribution in [0.3, 0.4) is 0 Å².